The minimum atomic E-state index is -0.397. The lowest BCUT2D eigenvalue weighted by Crippen LogP contribution is -2.13. The van der Waals surface area contributed by atoms with E-state index < -0.39 is 5.82 Å². The zero-order chi connectivity index (χ0) is 17.4. The fraction of sp³-hybridized carbons (Fsp3) is 0.0526. The van der Waals surface area contributed by atoms with Crippen molar-refractivity contribution in [3.05, 3.63) is 78.0 Å². The second-order valence-corrected chi connectivity index (χ2v) is 5.81. The molecule has 0 atom stereocenters. The van der Waals surface area contributed by atoms with Gasteiger partial charge in [0.2, 0.25) is 0 Å². The zero-order valence-corrected chi connectivity index (χ0v) is 13.5. The van der Waals surface area contributed by atoms with Crippen molar-refractivity contribution >= 4 is 22.5 Å². The number of hydrogen-bond donors (Lipinski definition) is 2. The second kappa shape index (κ2) is 5.90. The summed E-state index contributed by atoms with van der Waals surface area (Å²) in [6.45, 7) is 1.98. The van der Waals surface area contributed by atoms with Crippen LogP contribution in [0.5, 0.6) is 0 Å². The Morgan fingerprint density at radius 3 is 2.84 bits per heavy atom. The summed E-state index contributed by atoms with van der Waals surface area (Å²) in [7, 11) is 0. The monoisotopic (exact) mass is 334 g/mol. The zero-order valence-electron chi connectivity index (χ0n) is 13.5. The average Bonchev–Trinajstić information content (AvgIpc) is 3.20. The van der Waals surface area contributed by atoms with Crippen LogP contribution in [0, 0.1) is 12.7 Å². The summed E-state index contributed by atoms with van der Waals surface area (Å²) in [5.74, 6) is -0.743. The molecule has 2 N–H and O–H groups in total. The number of anilines is 1. The Labute approximate surface area is 143 Å². The van der Waals surface area contributed by atoms with E-state index in [4.69, 9.17) is 0 Å². The molecule has 0 aliphatic carbocycles. The molecule has 0 aliphatic rings. The smallest absolute Gasteiger partial charge is 0.276 e. The number of H-pyrrole nitrogens is 1. The number of para-hydroxylation sites is 1. The summed E-state index contributed by atoms with van der Waals surface area (Å²) in [6.07, 6.45) is 1.56. The Balaban J connectivity index is 1.57. The summed E-state index contributed by atoms with van der Waals surface area (Å²) in [6, 6.07) is 15.5. The van der Waals surface area contributed by atoms with Crippen LogP contribution in [0.25, 0.3) is 16.6 Å². The van der Waals surface area contributed by atoms with Crippen molar-refractivity contribution < 1.29 is 9.18 Å². The Hall–Kier alpha value is -3.41. The van der Waals surface area contributed by atoms with Gasteiger partial charge in [0.05, 0.1) is 0 Å². The molecule has 4 rings (SSSR count). The van der Waals surface area contributed by atoms with Crippen LogP contribution in [-0.4, -0.2) is 20.7 Å². The van der Waals surface area contributed by atoms with E-state index in [1.165, 1.54) is 10.7 Å². The molecule has 124 valence electrons. The number of fused-ring (bicyclic) bond motifs is 1. The molecule has 2 heterocycles. The molecule has 5 nitrogen and oxygen atoms in total. The summed E-state index contributed by atoms with van der Waals surface area (Å²) in [4.78, 5) is 15.6. The number of hydrogen-bond acceptors (Lipinski definition) is 2. The maximum absolute atomic E-state index is 13.8. The van der Waals surface area contributed by atoms with Crippen LogP contribution in [0.4, 0.5) is 10.1 Å². The third kappa shape index (κ3) is 2.89. The fourth-order valence-electron chi connectivity index (χ4n) is 2.77. The molecule has 0 saturated heterocycles. The molecular formula is C19H15FN4O. The highest BCUT2D eigenvalue weighted by Gasteiger charge is 2.12. The number of nitrogens with one attached hydrogen (secondary N) is 2. The maximum Gasteiger partial charge on any atom is 0.276 e. The minimum Gasteiger partial charge on any atom is -0.359 e. The summed E-state index contributed by atoms with van der Waals surface area (Å²) >= 11 is 0. The number of aromatic nitrogens is 3. The van der Waals surface area contributed by atoms with Crippen LogP contribution < -0.4 is 5.32 Å². The third-order valence-corrected chi connectivity index (χ3v) is 3.93. The molecule has 0 saturated carbocycles. The molecule has 4 aromatic rings. The predicted molar refractivity (Wildman–Crippen MR) is 94.5 cm³/mol. The van der Waals surface area contributed by atoms with Gasteiger partial charge in [-0.2, -0.15) is 5.10 Å². The standard InChI is InChI=1S/C19H15FN4O/c1-12-10-13-11-14(6-7-16(13)21-12)22-19(25)17-8-9-24(23-17)18-5-3-2-4-15(18)20/h2-11,21H,1H3,(H,22,25). The summed E-state index contributed by atoms with van der Waals surface area (Å²) in [5, 5.41) is 8.00. The van der Waals surface area contributed by atoms with Gasteiger partial charge in [0.1, 0.15) is 11.5 Å². The molecule has 2 aromatic carbocycles. The molecule has 0 unspecified atom stereocenters. The van der Waals surface area contributed by atoms with Crippen molar-refractivity contribution in [2.24, 2.45) is 0 Å². The molecule has 6 heteroatoms. The molecule has 25 heavy (non-hydrogen) atoms. The van der Waals surface area contributed by atoms with Gasteiger partial charge in [-0.25, -0.2) is 9.07 Å². The fourth-order valence-corrected chi connectivity index (χ4v) is 2.77. The number of benzene rings is 2. The summed E-state index contributed by atoms with van der Waals surface area (Å²) in [5.41, 5.74) is 3.26. The normalized spacial score (nSPS) is 11.0. The van der Waals surface area contributed by atoms with Gasteiger partial charge in [-0.15, -0.1) is 0 Å². The number of aryl methyl sites for hydroxylation is 1. The molecule has 0 radical (unpaired) electrons. The number of rotatable bonds is 3. The highest BCUT2D eigenvalue weighted by molar-refractivity contribution is 6.03. The van der Waals surface area contributed by atoms with Gasteiger partial charge in [0, 0.05) is 28.5 Å². The minimum absolute atomic E-state index is 0.216. The third-order valence-electron chi connectivity index (χ3n) is 3.93. The van der Waals surface area contributed by atoms with E-state index in [9.17, 15) is 9.18 Å². The lowest BCUT2D eigenvalue weighted by Gasteiger charge is -2.04. The van der Waals surface area contributed by atoms with E-state index >= 15 is 0 Å². The van der Waals surface area contributed by atoms with Gasteiger partial charge in [0.25, 0.3) is 5.91 Å². The number of halogens is 1. The van der Waals surface area contributed by atoms with E-state index in [0.29, 0.717) is 11.4 Å². The van der Waals surface area contributed by atoms with Crippen LogP contribution in [0.3, 0.4) is 0 Å². The molecule has 0 aliphatic heterocycles. The lowest BCUT2D eigenvalue weighted by atomic mass is 10.2. The maximum atomic E-state index is 13.8. The number of nitrogens with zero attached hydrogens (tertiary/aromatic N) is 2. The van der Waals surface area contributed by atoms with Crippen LogP contribution >= 0.6 is 0 Å². The van der Waals surface area contributed by atoms with E-state index in [0.717, 1.165) is 16.6 Å². The second-order valence-electron chi connectivity index (χ2n) is 5.81. The lowest BCUT2D eigenvalue weighted by molar-refractivity contribution is 0.102. The van der Waals surface area contributed by atoms with Crippen LogP contribution in [0.15, 0.2) is 60.8 Å². The number of aromatic amines is 1. The Bertz CT molecular complexity index is 1080. The van der Waals surface area contributed by atoms with Gasteiger partial charge in [-0.3, -0.25) is 4.79 Å². The number of amides is 1. The highest BCUT2D eigenvalue weighted by atomic mass is 19.1. The molecule has 0 spiro atoms. The van der Waals surface area contributed by atoms with Crippen LogP contribution in [0.2, 0.25) is 0 Å². The first-order valence-electron chi connectivity index (χ1n) is 7.81. The first kappa shape index (κ1) is 15.1. The van der Waals surface area contributed by atoms with Crippen molar-refractivity contribution in [2.75, 3.05) is 5.32 Å². The quantitative estimate of drug-likeness (QED) is 0.593. The van der Waals surface area contributed by atoms with Crippen molar-refractivity contribution in [1.82, 2.24) is 14.8 Å². The van der Waals surface area contributed by atoms with E-state index in [2.05, 4.69) is 15.4 Å². The largest absolute Gasteiger partial charge is 0.359 e. The van der Waals surface area contributed by atoms with Crippen molar-refractivity contribution in [3.63, 3.8) is 0 Å². The first-order valence-corrected chi connectivity index (χ1v) is 7.81. The molecule has 0 fully saturated rings. The molecule has 1 amide bonds. The Morgan fingerprint density at radius 2 is 2.00 bits per heavy atom. The SMILES string of the molecule is Cc1cc2cc(NC(=O)c3ccn(-c4ccccc4F)n3)ccc2[nH]1. The van der Waals surface area contributed by atoms with Gasteiger partial charge < -0.3 is 10.3 Å². The van der Waals surface area contributed by atoms with Gasteiger partial charge in [-0.1, -0.05) is 12.1 Å². The predicted octanol–water partition coefficient (Wildman–Crippen LogP) is 4.05. The van der Waals surface area contributed by atoms with E-state index in [1.54, 1.807) is 30.5 Å². The topological polar surface area (TPSA) is 62.7 Å². The highest BCUT2D eigenvalue weighted by Crippen LogP contribution is 2.20. The average molecular weight is 334 g/mol. The van der Waals surface area contributed by atoms with Crippen molar-refractivity contribution in [3.8, 4) is 5.69 Å². The number of carbonyl (C=O) groups excluding carboxylic acids is 1. The van der Waals surface area contributed by atoms with Crippen LogP contribution in [0.1, 0.15) is 16.2 Å². The Morgan fingerprint density at radius 1 is 1.16 bits per heavy atom. The van der Waals surface area contributed by atoms with Crippen LogP contribution in [-0.2, 0) is 0 Å². The number of carbonyl (C=O) groups is 1. The summed E-state index contributed by atoms with van der Waals surface area (Å²) < 4.78 is 15.2. The molecule has 0 bridgehead atoms. The molecular weight excluding hydrogens is 319 g/mol. The molecule has 2 aromatic heterocycles. The Kier molecular flexibility index (Phi) is 3.57. The van der Waals surface area contributed by atoms with Gasteiger partial charge in [0.15, 0.2) is 5.69 Å². The van der Waals surface area contributed by atoms with E-state index in [-0.39, 0.29) is 11.6 Å². The van der Waals surface area contributed by atoms with Gasteiger partial charge >= 0.3 is 0 Å². The van der Waals surface area contributed by atoms with Crippen molar-refractivity contribution in [1.29, 1.82) is 0 Å². The van der Waals surface area contributed by atoms with Gasteiger partial charge in [-0.05, 0) is 49.4 Å². The first-order chi connectivity index (χ1) is 12.1. The van der Waals surface area contributed by atoms with E-state index in [1.807, 2.05) is 31.2 Å². The van der Waals surface area contributed by atoms with Crippen molar-refractivity contribution in [2.45, 2.75) is 6.92 Å².